The van der Waals surface area contributed by atoms with Crippen LogP contribution in [0.5, 0.6) is 0 Å². The normalized spacial score (nSPS) is 10.8. The molecule has 1 radical (unpaired) electrons. The van der Waals surface area contributed by atoms with E-state index >= 15 is 0 Å². The Morgan fingerprint density at radius 1 is 1.00 bits per heavy atom. The summed E-state index contributed by atoms with van der Waals surface area (Å²) in [5.41, 5.74) is 0. The summed E-state index contributed by atoms with van der Waals surface area (Å²) in [4.78, 5) is 45.1. The second-order valence-corrected chi connectivity index (χ2v) is 4.76. The van der Waals surface area contributed by atoms with Crippen LogP contribution in [0.3, 0.4) is 0 Å². The van der Waals surface area contributed by atoms with Crippen LogP contribution in [-0.4, -0.2) is 68.9 Å². The number of carbonyl (C=O) groups excluding carboxylic acids is 4. The fraction of sp³-hybridized carbons (Fsp3) is 0.692. The molecule has 0 saturated carbocycles. The molecule has 0 aliphatic heterocycles. The molecule has 3 N–H and O–H groups in total. The van der Waals surface area contributed by atoms with E-state index in [9.17, 15) is 19.2 Å². The molecule has 2 amide bonds. The van der Waals surface area contributed by atoms with Gasteiger partial charge in [0.05, 0.1) is 33.2 Å². The van der Waals surface area contributed by atoms with Gasteiger partial charge in [0.2, 0.25) is 11.8 Å². The van der Waals surface area contributed by atoms with E-state index in [2.05, 4.69) is 38.1 Å². The number of ether oxygens (including phenoxy) is 2. The minimum absolute atomic E-state index is 0. The Labute approximate surface area is 159 Å². The number of hydrogen-bond acceptors (Lipinski definition) is 8. The minimum atomic E-state index is -0.548. The Morgan fingerprint density at radius 3 is 2.12 bits per heavy atom. The monoisotopic (exact) mass is 448 g/mol. The van der Waals surface area contributed by atoms with Crippen molar-refractivity contribution in [3.63, 3.8) is 0 Å². The number of hydrogen-bond donors (Lipinski definition) is 4. The predicted molar refractivity (Wildman–Crippen MR) is 84.9 cm³/mol. The van der Waals surface area contributed by atoms with Crippen molar-refractivity contribution in [2.45, 2.75) is 19.4 Å². The van der Waals surface area contributed by atoms with Gasteiger partial charge in [-0.05, 0) is 6.92 Å². The van der Waals surface area contributed by atoms with Crippen LogP contribution in [0, 0.1) is 0 Å². The summed E-state index contributed by atoms with van der Waals surface area (Å²) >= 11 is 4.07. The summed E-state index contributed by atoms with van der Waals surface area (Å²) in [6, 6.07) is -0.311. The molecule has 0 aromatic heterocycles. The van der Waals surface area contributed by atoms with Crippen LogP contribution in [-0.2, 0) is 48.8 Å². The van der Waals surface area contributed by atoms with Crippen molar-refractivity contribution in [1.82, 2.24) is 16.0 Å². The molecular formula is C13H23N3O6STc. The fourth-order valence-corrected chi connectivity index (χ4v) is 1.67. The van der Waals surface area contributed by atoms with E-state index in [1.165, 1.54) is 7.11 Å². The second-order valence-electron chi connectivity index (χ2n) is 4.40. The zero-order valence-corrected chi connectivity index (χ0v) is 16.3. The summed E-state index contributed by atoms with van der Waals surface area (Å²) in [5, 5.41) is 7.52. The van der Waals surface area contributed by atoms with Crippen LogP contribution < -0.4 is 16.0 Å². The number of rotatable bonds is 11. The number of methoxy groups -OCH3 is 1. The molecule has 24 heavy (non-hydrogen) atoms. The van der Waals surface area contributed by atoms with E-state index in [0.29, 0.717) is 5.75 Å². The molecule has 11 heteroatoms. The third-order valence-electron chi connectivity index (χ3n) is 2.59. The first kappa shape index (κ1) is 25.1. The van der Waals surface area contributed by atoms with E-state index in [1.807, 2.05) is 0 Å². The molecule has 0 saturated heterocycles. The van der Waals surface area contributed by atoms with Gasteiger partial charge >= 0.3 is 11.9 Å². The first-order valence-corrected chi connectivity index (χ1v) is 7.66. The standard InChI is InChI=1S/C13H23N3O6S.Tc/c1-3-22-13(20)7-16-11(18)6-15-10(17)5-14-9(8-23)4-12(19)21-2;/h9,14,23H,3-8H2,1-2H3,(H,15,17)(H,16,18);/i;1+1. The average Bonchev–Trinajstić information content (AvgIpc) is 2.54. The molecule has 0 bridgehead atoms. The van der Waals surface area contributed by atoms with Gasteiger partial charge in [-0.1, -0.05) is 0 Å². The molecule has 9 nitrogen and oxygen atoms in total. The minimum Gasteiger partial charge on any atom is -0.469 e. The van der Waals surface area contributed by atoms with E-state index in [-0.39, 0.29) is 58.8 Å². The van der Waals surface area contributed by atoms with Crippen molar-refractivity contribution in [2.24, 2.45) is 0 Å². The van der Waals surface area contributed by atoms with Gasteiger partial charge in [0.1, 0.15) is 6.54 Å². The maximum absolute atomic E-state index is 11.6. The van der Waals surface area contributed by atoms with Gasteiger partial charge in [-0.15, -0.1) is 0 Å². The molecule has 1 atom stereocenters. The Bertz CT molecular complexity index is 425. The Hall–Kier alpha value is -1.16. The van der Waals surface area contributed by atoms with Crippen molar-refractivity contribution in [1.29, 1.82) is 0 Å². The Kier molecular flexibility index (Phi) is 16.1. The van der Waals surface area contributed by atoms with Crippen LogP contribution in [0.2, 0.25) is 0 Å². The number of carbonyl (C=O) groups is 4. The third-order valence-corrected chi connectivity index (χ3v) is 3.03. The molecule has 0 aromatic rings. The SMILES string of the molecule is CCOC(=O)CNC(=O)CNC(=O)CNC(CS)CC(=O)OC.[99Tc]. The molecule has 1 unspecified atom stereocenters. The molecule has 0 aliphatic rings. The zero-order chi connectivity index (χ0) is 17.7. The van der Waals surface area contributed by atoms with Gasteiger partial charge < -0.3 is 25.4 Å². The molecule has 0 aromatic carbocycles. The number of esters is 2. The molecule has 0 aliphatic carbocycles. The maximum Gasteiger partial charge on any atom is 0.325 e. The van der Waals surface area contributed by atoms with E-state index < -0.39 is 23.8 Å². The molecule has 0 fully saturated rings. The van der Waals surface area contributed by atoms with Gasteiger partial charge in [-0.3, -0.25) is 19.2 Å². The quantitative estimate of drug-likeness (QED) is 0.218. The van der Waals surface area contributed by atoms with Crippen LogP contribution >= 0.6 is 12.6 Å². The van der Waals surface area contributed by atoms with Crippen LogP contribution in [0.25, 0.3) is 0 Å². The zero-order valence-electron chi connectivity index (χ0n) is 13.6. The largest absolute Gasteiger partial charge is 0.469 e. The van der Waals surface area contributed by atoms with E-state index in [4.69, 9.17) is 0 Å². The Balaban J connectivity index is 0. The van der Waals surface area contributed by atoms with Gasteiger partial charge in [0.25, 0.3) is 0 Å². The van der Waals surface area contributed by atoms with Crippen LogP contribution in [0.15, 0.2) is 0 Å². The van der Waals surface area contributed by atoms with E-state index in [1.54, 1.807) is 6.92 Å². The third kappa shape index (κ3) is 13.3. The van der Waals surface area contributed by atoms with Crippen LogP contribution in [0.4, 0.5) is 0 Å². The number of nitrogens with one attached hydrogen (secondary N) is 3. The van der Waals surface area contributed by atoms with Gasteiger partial charge in [0, 0.05) is 31.9 Å². The summed E-state index contributed by atoms with van der Waals surface area (Å²) in [6.07, 6.45) is 0.0906. The van der Waals surface area contributed by atoms with Crippen molar-refractivity contribution in [2.75, 3.05) is 39.1 Å². The summed E-state index contributed by atoms with van der Waals surface area (Å²) in [6.45, 7) is 1.30. The summed E-state index contributed by atoms with van der Waals surface area (Å²) in [5.74, 6) is -1.54. The van der Waals surface area contributed by atoms with Gasteiger partial charge in [0.15, 0.2) is 0 Å². The Morgan fingerprint density at radius 2 is 1.58 bits per heavy atom. The van der Waals surface area contributed by atoms with Gasteiger partial charge in [-0.2, -0.15) is 12.6 Å². The molecular weight excluding hydrogens is 425 g/mol. The molecule has 0 spiro atoms. The number of amides is 2. The molecule has 139 valence electrons. The van der Waals surface area contributed by atoms with Crippen LogP contribution in [0.1, 0.15) is 13.3 Å². The topological polar surface area (TPSA) is 123 Å². The van der Waals surface area contributed by atoms with Crippen molar-refractivity contribution in [3.05, 3.63) is 0 Å². The second kappa shape index (κ2) is 15.4. The van der Waals surface area contributed by atoms with E-state index in [0.717, 1.165) is 0 Å². The summed E-state index contributed by atoms with van der Waals surface area (Å²) < 4.78 is 9.17. The smallest absolute Gasteiger partial charge is 0.325 e. The molecule has 0 rings (SSSR count). The predicted octanol–water partition coefficient (Wildman–Crippen LogP) is -1.77. The maximum atomic E-state index is 11.6. The fourth-order valence-electron chi connectivity index (χ4n) is 1.41. The number of thiol groups is 1. The van der Waals surface area contributed by atoms with Crippen molar-refractivity contribution >= 4 is 36.4 Å². The average molecular weight is 448 g/mol. The first-order chi connectivity index (χ1) is 10.9. The summed E-state index contributed by atoms with van der Waals surface area (Å²) in [7, 11) is 1.28. The first-order valence-electron chi connectivity index (χ1n) is 7.03. The van der Waals surface area contributed by atoms with Crippen molar-refractivity contribution in [3.8, 4) is 0 Å². The van der Waals surface area contributed by atoms with Gasteiger partial charge in [-0.25, -0.2) is 0 Å². The molecule has 0 heterocycles. The van der Waals surface area contributed by atoms with Crippen molar-refractivity contribution < 1.29 is 48.8 Å².